The van der Waals surface area contributed by atoms with Crippen molar-refractivity contribution in [3.05, 3.63) is 68.8 Å². The van der Waals surface area contributed by atoms with Crippen molar-refractivity contribution in [1.29, 1.82) is 0 Å². The minimum Gasteiger partial charge on any atom is -0.451 e. The van der Waals surface area contributed by atoms with E-state index in [1.54, 1.807) is 0 Å². The zero-order chi connectivity index (χ0) is 20.2. The van der Waals surface area contributed by atoms with Crippen molar-refractivity contribution in [2.75, 3.05) is 6.54 Å². The Labute approximate surface area is 164 Å². The molecule has 1 amide bonds. The number of hydrogen-bond donors (Lipinski definition) is 0. The Morgan fingerprint density at radius 3 is 2.50 bits per heavy atom. The van der Waals surface area contributed by atoms with Crippen LogP contribution in [0.3, 0.4) is 0 Å². The summed E-state index contributed by atoms with van der Waals surface area (Å²) >= 11 is 0. The number of rotatable bonds is 2. The number of aryl methyl sites for hydroxylation is 3. The van der Waals surface area contributed by atoms with E-state index in [-0.39, 0.29) is 29.1 Å². The number of carbonyl (C=O) groups is 1. The summed E-state index contributed by atoms with van der Waals surface area (Å²) in [6.07, 6.45) is 0. The molecule has 1 aliphatic heterocycles. The molecule has 3 heterocycles. The molecule has 3 aromatic rings. The summed E-state index contributed by atoms with van der Waals surface area (Å²) in [5.74, 6) is 0.138. The number of aromatic nitrogens is 1. The summed E-state index contributed by atoms with van der Waals surface area (Å²) in [5.41, 5.74) is 4.70. The van der Waals surface area contributed by atoms with Gasteiger partial charge in [-0.15, -0.1) is 0 Å². The highest BCUT2D eigenvalue weighted by Gasteiger charge is 2.35. The predicted octanol–water partition coefficient (Wildman–Crippen LogP) is 4.37. The first kappa shape index (κ1) is 18.5. The van der Waals surface area contributed by atoms with E-state index in [1.165, 1.54) is 11.8 Å². The summed E-state index contributed by atoms with van der Waals surface area (Å²) in [4.78, 5) is 27.8. The zero-order valence-electron chi connectivity index (χ0n) is 17.1. The van der Waals surface area contributed by atoms with E-state index in [4.69, 9.17) is 4.42 Å². The monoisotopic (exact) mass is 378 g/mol. The van der Waals surface area contributed by atoms with Gasteiger partial charge in [-0.3, -0.25) is 9.59 Å². The predicted molar refractivity (Wildman–Crippen MR) is 110 cm³/mol. The molecular weight excluding hydrogens is 352 g/mol. The third-order valence-corrected chi connectivity index (χ3v) is 5.88. The highest BCUT2D eigenvalue weighted by atomic mass is 16.3. The van der Waals surface area contributed by atoms with Crippen molar-refractivity contribution < 1.29 is 9.21 Å². The van der Waals surface area contributed by atoms with Crippen LogP contribution in [0.4, 0.5) is 0 Å². The van der Waals surface area contributed by atoms with Gasteiger partial charge in [0.1, 0.15) is 5.58 Å². The summed E-state index contributed by atoms with van der Waals surface area (Å²) in [7, 11) is 0. The van der Waals surface area contributed by atoms with Gasteiger partial charge in [0.25, 0.3) is 5.91 Å². The smallest absolute Gasteiger partial charge is 0.290 e. The summed E-state index contributed by atoms with van der Waals surface area (Å²) in [6, 6.07) is 9.17. The second-order valence-electron chi connectivity index (χ2n) is 8.15. The van der Waals surface area contributed by atoms with E-state index in [0.29, 0.717) is 17.5 Å². The zero-order valence-corrected chi connectivity index (χ0v) is 17.1. The van der Waals surface area contributed by atoms with Crippen molar-refractivity contribution in [2.45, 2.75) is 47.2 Å². The number of amides is 1. The van der Waals surface area contributed by atoms with Gasteiger partial charge in [0, 0.05) is 30.5 Å². The lowest BCUT2D eigenvalue weighted by atomic mass is 9.96. The summed E-state index contributed by atoms with van der Waals surface area (Å²) in [5, 5.41) is 0.517. The van der Waals surface area contributed by atoms with Gasteiger partial charge in [0.2, 0.25) is 0 Å². The molecular formula is C23H26N2O3. The molecule has 5 nitrogen and oxygen atoms in total. The standard InChI is InChI=1S/C23H26N2O3/c1-13(2)22-18-7-6-16(5)24(18)8-9-25(22)23(27)21-12-19(26)17-10-14(3)15(4)11-20(17)28-21/h6-7,10-13,22H,8-9H2,1-5H3. The Kier molecular flexibility index (Phi) is 4.41. The van der Waals surface area contributed by atoms with Crippen molar-refractivity contribution in [3.8, 4) is 0 Å². The average Bonchev–Trinajstić information content (AvgIpc) is 3.02. The fourth-order valence-electron chi connectivity index (χ4n) is 4.25. The van der Waals surface area contributed by atoms with Crippen LogP contribution >= 0.6 is 0 Å². The van der Waals surface area contributed by atoms with Gasteiger partial charge < -0.3 is 13.9 Å². The van der Waals surface area contributed by atoms with Crippen molar-refractivity contribution in [2.24, 2.45) is 5.92 Å². The Bertz CT molecular complexity index is 1140. The number of benzene rings is 1. The SMILES string of the molecule is Cc1cc2oc(C(=O)N3CCn4c(C)ccc4C3C(C)C)cc(=O)c2cc1C. The lowest BCUT2D eigenvalue weighted by Crippen LogP contribution is -2.44. The molecule has 0 radical (unpaired) electrons. The van der Waals surface area contributed by atoms with E-state index in [9.17, 15) is 9.59 Å². The first-order valence-corrected chi connectivity index (χ1v) is 9.80. The maximum absolute atomic E-state index is 13.4. The third kappa shape index (κ3) is 2.86. The highest BCUT2D eigenvalue weighted by Crippen LogP contribution is 2.34. The van der Waals surface area contributed by atoms with E-state index < -0.39 is 0 Å². The van der Waals surface area contributed by atoms with Gasteiger partial charge in [0.05, 0.1) is 11.4 Å². The van der Waals surface area contributed by atoms with Gasteiger partial charge in [-0.2, -0.15) is 0 Å². The minimum atomic E-state index is -0.221. The molecule has 0 aliphatic carbocycles. The Hall–Kier alpha value is -2.82. The van der Waals surface area contributed by atoms with Crippen LogP contribution in [-0.2, 0) is 6.54 Å². The first-order chi connectivity index (χ1) is 13.3. The van der Waals surface area contributed by atoms with E-state index in [2.05, 4.69) is 37.5 Å². The molecule has 1 aromatic carbocycles. The lowest BCUT2D eigenvalue weighted by molar-refractivity contribution is 0.0523. The highest BCUT2D eigenvalue weighted by molar-refractivity contribution is 5.93. The third-order valence-electron chi connectivity index (χ3n) is 5.88. The Morgan fingerprint density at radius 1 is 1.07 bits per heavy atom. The number of nitrogens with zero attached hydrogens (tertiary/aromatic N) is 2. The molecule has 2 aromatic heterocycles. The quantitative estimate of drug-likeness (QED) is 0.665. The van der Waals surface area contributed by atoms with Crippen LogP contribution in [0.25, 0.3) is 11.0 Å². The Balaban J connectivity index is 1.78. The molecule has 0 fully saturated rings. The van der Waals surface area contributed by atoms with Crippen molar-refractivity contribution >= 4 is 16.9 Å². The fourth-order valence-corrected chi connectivity index (χ4v) is 4.25. The van der Waals surface area contributed by atoms with Gasteiger partial charge in [-0.25, -0.2) is 0 Å². The molecule has 0 bridgehead atoms. The molecule has 146 valence electrons. The second kappa shape index (κ2) is 6.66. The average molecular weight is 378 g/mol. The molecule has 0 saturated heterocycles. The molecule has 1 atom stereocenters. The number of hydrogen-bond acceptors (Lipinski definition) is 3. The van der Waals surface area contributed by atoms with Crippen LogP contribution in [0.15, 0.2) is 39.5 Å². The van der Waals surface area contributed by atoms with E-state index >= 15 is 0 Å². The Morgan fingerprint density at radius 2 is 1.79 bits per heavy atom. The van der Waals surface area contributed by atoms with Crippen LogP contribution in [0.2, 0.25) is 0 Å². The topological polar surface area (TPSA) is 55.5 Å². The van der Waals surface area contributed by atoms with Gasteiger partial charge in [-0.05, 0) is 62.1 Å². The lowest BCUT2D eigenvalue weighted by Gasteiger charge is -2.39. The van der Waals surface area contributed by atoms with E-state index in [0.717, 1.165) is 23.4 Å². The van der Waals surface area contributed by atoms with Crippen molar-refractivity contribution in [1.82, 2.24) is 9.47 Å². The van der Waals surface area contributed by atoms with E-state index in [1.807, 2.05) is 30.9 Å². The van der Waals surface area contributed by atoms with Crippen molar-refractivity contribution in [3.63, 3.8) is 0 Å². The minimum absolute atomic E-state index is 0.0456. The fraction of sp³-hybridized carbons (Fsp3) is 0.391. The molecule has 0 spiro atoms. The van der Waals surface area contributed by atoms with Gasteiger partial charge in [-0.1, -0.05) is 13.8 Å². The number of fused-ring (bicyclic) bond motifs is 2. The molecule has 0 N–H and O–H groups in total. The van der Waals surface area contributed by atoms with Crippen LogP contribution in [0, 0.1) is 26.7 Å². The normalized spacial score (nSPS) is 16.6. The van der Waals surface area contributed by atoms with Crippen LogP contribution < -0.4 is 5.43 Å². The first-order valence-electron chi connectivity index (χ1n) is 9.80. The van der Waals surface area contributed by atoms with Crippen LogP contribution in [0.1, 0.15) is 53.0 Å². The molecule has 0 saturated carbocycles. The van der Waals surface area contributed by atoms with Gasteiger partial charge >= 0.3 is 0 Å². The number of carbonyl (C=O) groups excluding carboxylic acids is 1. The maximum atomic E-state index is 13.4. The molecule has 4 rings (SSSR count). The summed E-state index contributed by atoms with van der Waals surface area (Å²) in [6.45, 7) is 11.6. The summed E-state index contributed by atoms with van der Waals surface area (Å²) < 4.78 is 8.19. The maximum Gasteiger partial charge on any atom is 0.290 e. The van der Waals surface area contributed by atoms with Crippen LogP contribution in [0.5, 0.6) is 0 Å². The molecule has 5 heteroatoms. The van der Waals surface area contributed by atoms with Gasteiger partial charge in [0.15, 0.2) is 11.2 Å². The molecule has 1 unspecified atom stereocenters. The molecule has 28 heavy (non-hydrogen) atoms. The molecule has 1 aliphatic rings. The second-order valence-corrected chi connectivity index (χ2v) is 8.15. The largest absolute Gasteiger partial charge is 0.451 e. The van der Waals surface area contributed by atoms with Crippen LogP contribution in [-0.4, -0.2) is 21.9 Å².